The van der Waals surface area contributed by atoms with Gasteiger partial charge in [-0.15, -0.1) is 11.3 Å². The van der Waals surface area contributed by atoms with Gasteiger partial charge in [0.1, 0.15) is 12.1 Å². The summed E-state index contributed by atoms with van der Waals surface area (Å²) in [6.07, 6.45) is 3.02. The van der Waals surface area contributed by atoms with Crippen molar-refractivity contribution in [3.63, 3.8) is 0 Å². The average Bonchev–Trinajstić information content (AvgIpc) is 3.23. The SMILES string of the molecule is Cn1ccsc1=NC(=O)CN1C(=O)NC2(CCc3ccccc32)C1=O. The summed E-state index contributed by atoms with van der Waals surface area (Å²) in [6.45, 7) is -0.355. The van der Waals surface area contributed by atoms with Gasteiger partial charge >= 0.3 is 6.03 Å². The third kappa shape index (κ3) is 2.41. The molecule has 4 amide bonds. The molecule has 2 aromatic rings. The molecule has 25 heavy (non-hydrogen) atoms. The first kappa shape index (κ1) is 15.8. The lowest BCUT2D eigenvalue weighted by molar-refractivity contribution is -0.134. The number of amides is 4. The number of nitrogens with zero attached hydrogens (tertiary/aromatic N) is 3. The lowest BCUT2D eigenvalue weighted by Gasteiger charge is -2.21. The topological polar surface area (TPSA) is 83.8 Å². The number of hydrogen-bond acceptors (Lipinski definition) is 4. The van der Waals surface area contributed by atoms with Crippen LogP contribution in [0.15, 0.2) is 40.8 Å². The maximum atomic E-state index is 13.0. The molecule has 1 saturated heterocycles. The van der Waals surface area contributed by atoms with Crippen LogP contribution in [-0.4, -0.2) is 33.9 Å². The van der Waals surface area contributed by atoms with Crippen LogP contribution in [0.2, 0.25) is 0 Å². The Bertz CT molecular complexity index is 961. The first-order valence-corrected chi connectivity index (χ1v) is 8.79. The molecular weight excluding hydrogens is 340 g/mol. The van der Waals surface area contributed by atoms with Gasteiger partial charge in [-0.25, -0.2) is 4.79 Å². The first-order chi connectivity index (χ1) is 12.0. The molecule has 1 aromatic carbocycles. The van der Waals surface area contributed by atoms with E-state index >= 15 is 0 Å². The lowest BCUT2D eigenvalue weighted by atomic mass is 9.92. The highest BCUT2D eigenvalue weighted by atomic mass is 32.1. The fraction of sp³-hybridized carbons (Fsp3) is 0.294. The number of aryl methyl sites for hydroxylation is 2. The molecule has 1 unspecified atom stereocenters. The Morgan fingerprint density at radius 1 is 1.36 bits per heavy atom. The van der Waals surface area contributed by atoms with Gasteiger partial charge in [-0.05, 0) is 24.0 Å². The number of carbonyl (C=O) groups is 3. The molecule has 1 spiro atoms. The predicted molar refractivity (Wildman–Crippen MR) is 90.5 cm³/mol. The Morgan fingerprint density at radius 3 is 2.92 bits per heavy atom. The summed E-state index contributed by atoms with van der Waals surface area (Å²) >= 11 is 1.32. The molecule has 128 valence electrons. The van der Waals surface area contributed by atoms with Gasteiger partial charge in [-0.3, -0.25) is 14.5 Å². The highest BCUT2D eigenvalue weighted by molar-refractivity contribution is 7.07. The van der Waals surface area contributed by atoms with Crippen molar-refractivity contribution in [2.45, 2.75) is 18.4 Å². The second kappa shape index (κ2) is 5.66. The van der Waals surface area contributed by atoms with Crippen LogP contribution in [0.3, 0.4) is 0 Å². The van der Waals surface area contributed by atoms with E-state index in [1.165, 1.54) is 11.3 Å². The largest absolute Gasteiger partial charge is 0.327 e. The zero-order valence-electron chi connectivity index (χ0n) is 13.6. The van der Waals surface area contributed by atoms with Gasteiger partial charge in [0, 0.05) is 18.6 Å². The fourth-order valence-corrected chi connectivity index (χ4v) is 4.19. The van der Waals surface area contributed by atoms with Crippen LogP contribution >= 0.6 is 11.3 Å². The molecule has 1 aliphatic heterocycles. The van der Waals surface area contributed by atoms with Crippen molar-refractivity contribution in [3.8, 4) is 0 Å². The fourth-order valence-electron chi connectivity index (χ4n) is 3.45. The Morgan fingerprint density at radius 2 is 2.16 bits per heavy atom. The number of benzene rings is 1. The monoisotopic (exact) mass is 356 g/mol. The minimum Gasteiger partial charge on any atom is -0.327 e. The maximum absolute atomic E-state index is 13.0. The zero-order chi connectivity index (χ0) is 17.6. The van der Waals surface area contributed by atoms with Crippen molar-refractivity contribution >= 4 is 29.2 Å². The van der Waals surface area contributed by atoms with Crippen molar-refractivity contribution in [1.82, 2.24) is 14.8 Å². The molecule has 2 heterocycles. The van der Waals surface area contributed by atoms with Crippen LogP contribution in [0, 0.1) is 0 Å². The predicted octanol–water partition coefficient (Wildman–Crippen LogP) is 0.907. The summed E-state index contributed by atoms with van der Waals surface area (Å²) in [5.41, 5.74) is 0.839. The second-order valence-corrected chi connectivity index (χ2v) is 7.06. The Kier molecular flexibility index (Phi) is 3.57. The number of carbonyl (C=O) groups excluding carboxylic acids is 3. The molecule has 1 atom stereocenters. The number of nitrogens with one attached hydrogen (secondary N) is 1. The number of rotatable bonds is 2. The molecule has 1 aromatic heterocycles. The summed E-state index contributed by atoms with van der Waals surface area (Å²) in [4.78, 5) is 43.0. The molecule has 1 N–H and O–H groups in total. The standard InChI is InChI=1S/C17H16N4O3S/c1-20-8-9-25-16(20)18-13(22)10-21-14(23)17(19-15(21)24)7-6-11-4-2-3-5-12(11)17/h2-5,8-9H,6-7,10H2,1H3,(H,19,24). The summed E-state index contributed by atoms with van der Waals surface area (Å²) < 4.78 is 1.71. The molecule has 0 radical (unpaired) electrons. The highest BCUT2D eigenvalue weighted by Gasteiger charge is 2.55. The third-order valence-corrected chi connectivity index (χ3v) is 5.54. The van der Waals surface area contributed by atoms with Gasteiger partial charge in [0.15, 0.2) is 4.80 Å². The zero-order valence-corrected chi connectivity index (χ0v) is 14.4. The van der Waals surface area contributed by atoms with Gasteiger partial charge in [-0.1, -0.05) is 24.3 Å². The van der Waals surface area contributed by atoms with E-state index in [0.717, 1.165) is 22.4 Å². The number of fused-ring (bicyclic) bond motifs is 2. The van der Waals surface area contributed by atoms with Crippen LogP contribution in [0.25, 0.3) is 0 Å². The first-order valence-electron chi connectivity index (χ1n) is 7.91. The van der Waals surface area contributed by atoms with Crippen molar-refractivity contribution in [2.75, 3.05) is 6.54 Å². The Balaban J connectivity index is 1.61. The van der Waals surface area contributed by atoms with E-state index in [-0.39, 0.29) is 12.5 Å². The molecule has 2 aliphatic rings. The van der Waals surface area contributed by atoms with Crippen LogP contribution in [0.5, 0.6) is 0 Å². The van der Waals surface area contributed by atoms with E-state index in [1.54, 1.807) is 17.8 Å². The highest BCUT2D eigenvalue weighted by Crippen LogP contribution is 2.41. The third-order valence-electron chi connectivity index (χ3n) is 4.70. The molecule has 7 nitrogen and oxygen atoms in total. The van der Waals surface area contributed by atoms with E-state index in [1.807, 2.05) is 29.6 Å². The van der Waals surface area contributed by atoms with Gasteiger partial charge in [0.25, 0.3) is 11.8 Å². The Labute approximate surface area is 147 Å². The molecule has 0 saturated carbocycles. The van der Waals surface area contributed by atoms with Crippen LogP contribution in [-0.2, 0) is 28.6 Å². The summed E-state index contributed by atoms with van der Waals surface area (Å²) in [5.74, 6) is -0.897. The smallest absolute Gasteiger partial charge is 0.325 e. The lowest BCUT2D eigenvalue weighted by Crippen LogP contribution is -2.42. The van der Waals surface area contributed by atoms with Crippen LogP contribution in [0.4, 0.5) is 4.79 Å². The second-order valence-electron chi connectivity index (χ2n) is 6.19. The minimum absolute atomic E-state index is 0.355. The molecule has 1 fully saturated rings. The molecular formula is C17H16N4O3S. The number of aromatic nitrogens is 1. The number of imide groups is 1. The number of urea groups is 1. The van der Waals surface area contributed by atoms with E-state index in [2.05, 4.69) is 10.3 Å². The van der Waals surface area contributed by atoms with Gasteiger partial charge < -0.3 is 9.88 Å². The summed E-state index contributed by atoms with van der Waals surface area (Å²) in [7, 11) is 1.78. The van der Waals surface area contributed by atoms with Crippen molar-refractivity contribution < 1.29 is 14.4 Å². The molecule has 8 heteroatoms. The van der Waals surface area contributed by atoms with Crippen molar-refractivity contribution in [1.29, 1.82) is 0 Å². The molecule has 4 rings (SSSR count). The van der Waals surface area contributed by atoms with Crippen LogP contribution in [0.1, 0.15) is 17.5 Å². The van der Waals surface area contributed by atoms with E-state index in [0.29, 0.717) is 11.2 Å². The Hall–Kier alpha value is -2.74. The van der Waals surface area contributed by atoms with Crippen LogP contribution < -0.4 is 10.1 Å². The van der Waals surface area contributed by atoms with Gasteiger partial charge in [-0.2, -0.15) is 4.99 Å². The molecule has 1 aliphatic carbocycles. The summed E-state index contributed by atoms with van der Waals surface area (Å²) in [6, 6.07) is 7.05. The minimum atomic E-state index is -1.04. The average molecular weight is 356 g/mol. The van der Waals surface area contributed by atoms with Gasteiger partial charge in [0.05, 0.1) is 0 Å². The van der Waals surface area contributed by atoms with E-state index < -0.39 is 17.5 Å². The quantitative estimate of drug-likeness (QED) is 0.812. The van der Waals surface area contributed by atoms with E-state index in [4.69, 9.17) is 0 Å². The number of hydrogen-bond donors (Lipinski definition) is 1. The molecule has 0 bridgehead atoms. The number of thiazole rings is 1. The van der Waals surface area contributed by atoms with Gasteiger partial charge in [0.2, 0.25) is 0 Å². The maximum Gasteiger partial charge on any atom is 0.325 e. The normalized spacial score (nSPS) is 22.6. The van der Waals surface area contributed by atoms with E-state index in [9.17, 15) is 14.4 Å². The van der Waals surface area contributed by atoms with Crippen molar-refractivity contribution in [2.24, 2.45) is 12.0 Å². The van der Waals surface area contributed by atoms with Crippen molar-refractivity contribution in [3.05, 3.63) is 51.8 Å². The summed E-state index contributed by atoms with van der Waals surface area (Å²) in [5, 5.41) is 4.61.